The summed E-state index contributed by atoms with van der Waals surface area (Å²) < 4.78 is 39.4. The zero-order valence-electron chi connectivity index (χ0n) is 9.51. The molecule has 0 saturated heterocycles. The van der Waals surface area contributed by atoms with E-state index in [0.717, 1.165) is 23.5 Å². The van der Waals surface area contributed by atoms with E-state index in [4.69, 9.17) is 5.73 Å². The van der Waals surface area contributed by atoms with Gasteiger partial charge in [-0.1, -0.05) is 11.3 Å². The van der Waals surface area contributed by atoms with E-state index >= 15 is 0 Å². The molecule has 0 fully saturated rings. The van der Waals surface area contributed by atoms with Gasteiger partial charge in [-0.05, 0) is 18.2 Å². The quantitative estimate of drug-likeness (QED) is 0.721. The van der Waals surface area contributed by atoms with E-state index in [1.807, 2.05) is 0 Å². The van der Waals surface area contributed by atoms with Gasteiger partial charge in [0.2, 0.25) is 10.0 Å². The van der Waals surface area contributed by atoms with Crippen LogP contribution in [0, 0.1) is 5.82 Å². The van der Waals surface area contributed by atoms with Gasteiger partial charge in [0.15, 0.2) is 0 Å². The average molecular weight is 303 g/mol. The number of aromatic nitrogens is 1. The van der Waals surface area contributed by atoms with Gasteiger partial charge in [0.1, 0.15) is 10.7 Å². The molecule has 0 aliphatic carbocycles. The van der Waals surface area contributed by atoms with Crippen molar-refractivity contribution < 1.29 is 12.8 Å². The number of anilines is 1. The summed E-state index contributed by atoms with van der Waals surface area (Å²) in [6.45, 7) is -0.130. The maximum absolute atomic E-state index is 13.5. The molecular formula is C10H10FN3O3S2. The van der Waals surface area contributed by atoms with E-state index in [1.54, 1.807) is 0 Å². The standard InChI is InChI=1S/C10H10FN3O3S2/c11-8-2-1-6(12)3-9(8)19(16,17)13-4-7-5-18-10(15)14-7/h1-3,5,13H,4,12H2,(H,14,15). The van der Waals surface area contributed by atoms with E-state index in [2.05, 4.69) is 9.71 Å². The largest absolute Gasteiger partial charge is 0.399 e. The first kappa shape index (κ1) is 13.7. The van der Waals surface area contributed by atoms with Gasteiger partial charge >= 0.3 is 4.87 Å². The molecule has 9 heteroatoms. The summed E-state index contributed by atoms with van der Waals surface area (Å²) in [7, 11) is -4.02. The second-order valence-corrected chi connectivity index (χ2v) is 6.27. The molecule has 0 aliphatic rings. The highest BCUT2D eigenvalue weighted by atomic mass is 32.2. The minimum absolute atomic E-state index is 0.130. The number of sulfonamides is 1. The fourth-order valence-electron chi connectivity index (χ4n) is 1.38. The van der Waals surface area contributed by atoms with Crippen LogP contribution in [0.2, 0.25) is 0 Å². The lowest BCUT2D eigenvalue weighted by Crippen LogP contribution is -2.24. The zero-order chi connectivity index (χ0) is 14.0. The molecule has 2 aromatic rings. The van der Waals surface area contributed by atoms with Gasteiger partial charge in [-0.3, -0.25) is 4.79 Å². The van der Waals surface area contributed by atoms with Crippen molar-refractivity contribution in [1.29, 1.82) is 0 Å². The van der Waals surface area contributed by atoms with E-state index in [-0.39, 0.29) is 17.1 Å². The highest BCUT2D eigenvalue weighted by Crippen LogP contribution is 2.17. The molecule has 1 heterocycles. The Balaban J connectivity index is 2.23. The molecule has 6 nitrogen and oxygen atoms in total. The van der Waals surface area contributed by atoms with Crippen molar-refractivity contribution in [3.05, 3.63) is 44.8 Å². The van der Waals surface area contributed by atoms with Crippen LogP contribution in [0.15, 0.2) is 33.3 Å². The molecule has 0 aliphatic heterocycles. The van der Waals surface area contributed by atoms with Crippen LogP contribution >= 0.6 is 11.3 Å². The molecular weight excluding hydrogens is 293 g/mol. The Bertz CT molecular complexity index is 751. The van der Waals surface area contributed by atoms with Gasteiger partial charge in [0, 0.05) is 16.8 Å². The molecule has 0 spiro atoms. The third kappa shape index (κ3) is 3.19. The number of nitrogen functional groups attached to an aromatic ring is 1. The SMILES string of the molecule is Nc1ccc(F)c(S(=O)(=O)NCc2csc(=O)[nH]2)c1. The highest BCUT2D eigenvalue weighted by molar-refractivity contribution is 7.89. The molecule has 0 radical (unpaired) electrons. The van der Waals surface area contributed by atoms with E-state index < -0.39 is 20.7 Å². The Morgan fingerprint density at radius 3 is 2.79 bits per heavy atom. The minimum atomic E-state index is -4.02. The summed E-state index contributed by atoms with van der Waals surface area (Å²) in [6.07, 6.45) is 0. The summed E-state index contributed by atoms with van der Waals surface area (Å²) in [5.74, 6) is -0.888. The average Bonchev–Trinajstić information content (AvgIpc) is 2.76. The van der Waals surface area contributed by atoms with E-state index in [0.29, 0.717) is 5.69 Å². The number of nitrogens with two attached hydrogens (primary N) is 1. The molecule has 0 bridgehead atoms. The Hall–Kier alpha value is -1.71. The normalized spacial score (nSPS) is 11.6. The number of halogens is 1. The molecule has 0 unspecified atom stereocenters. The van der Waals surface area contributed by atoms with Crippen molar-refractivity contribution in [1.82, 2.24) is 9.71 Å². The molecule has 0 amide bonds. The van der Waals surface area contributed by atoms with Gasteiger partial charge in [-0.15, -0.1) is 0 Å². The number of aromatic amines is 1. The first-order valence-electron chi connectivity index (χ1n) is 5.10. The van der Waals surface area contributed by atoms with E-state index in [1.165, 1.54) is 11.4 Å². The summed E-state index contributed by atoms with van der Waals surface area (Å²) >= 11 is 0.916. The molecule has 1 aromatic heterocycles. The van der Waals surface area contributed by atoms with Crippen molar-refractivity contribution in [2.45, 2.75) is 11.4 Å². The summed E-state index contributed by atoms with van der Waals surface area (Å²) in [4.78, 5) is 12.5. The summed E-state index contributed by atoms with van der Waals surface area (Å²) in [5.41, 5.74) is 5.98. The van der Waals surface area contributed by atoms with Crippen LogP contribution in [0.1, 0.15) is 5.69 Å². The first-order valence-corrected chi connectivity index (χ1v) is 7.46. The number of thiazole rings is 1. The van der Waals surface area contributed by atoms with Crippen LogP contribution in [0.4, 0.5) is 10.1 Å². The number of nitrogens with one attached hydrogen (secondary N) is 2. The van der Waals surface area contributed by atoms with Crippen LogP contribution in [-0.4, -0.2) is 13.4 Å². The van der Waals surface area contributed by atoms with Crippen LogP contribution in [-0.2, 0) is 16.6 Å². The molecule has 102 valence electrons. The number of hydrogen-bond donors (Lipinski definition) is 3. The number of H-pyrrole nitrogens is 1. The van der Waals surface area contributed by atoms with Gasteiger partial charge in [0.25, 0.3) is 0 Å². The van der Waals surface area contributed by atoms with Crippen molar-refractivity contribution in [3.8, 4) is 0 Å². The fraction of sp³-hybridized carbons (Fsp3) is 0.100. The molecule has 2 rings (SSSR count). The zero-order valence-corrected chi connectivity index (χ0v) is 11.1. The van der Waals surface area contributed by atoms with Crippen molar-refractivity contribution in [2.75, 3.05) is 5.73 Å². The molecule has 4 N–H and O–H groups in total. The summed E-state index contributed by atoms with van der Waals surface area (Å²) in [5, 5.41) is 1.49. The molecule has 19 heavy (non-hydrogen) atoms. The maximum atomic E-state index is 13.5. The Labute approximate surface area is 112 Å². The Morgan fingerprint density at radius 2 is 2.16 bits per heavy atom. The molecule has 0 atom stereocenters. The van der Waals surface area contributed by atoms with E-state index in [9.17, 15) is 17.6 Å². The lowest BCUT2D eigenvalue weighted by molar-refractivity contribution is 0.556. The number of benzene rings is 1. The van der Waals surface area contributed by atoms with Gasteiger partial charge in [-0.25, -0.2) is 17.5 Å². The third-order valence-electron chi connectivity index (χ3n) is 2.27. The first-order chi connectivity index (χ1) is 8.88. The van der Waals surface area contributed by atoms with Crippen molar-refractivity contribution in [3.63, 3.8) is 0 Å². The van der Waals surface area contributed by atoms with Gasteiger partial charge < -0.3 is 10.7 Å². The Kier molecular flexibility index (Phi) is 3.69. The molecule has 1 aromatic carbocycles. The predicted octanol–water partition coefficient (Wildman–Crippen LogP) is 0.636. The lowest BCUT2D eigenvalue weighted by Gasteiger charge is -2.07. The van der Waals surface area contributed by atoms with Crippen LogP contribution in [0.5, 0.6) is 0 Å². The van der Waals surface area contributed by atoms with Gasteiger partial charge in [-0.2, -0.15) is 0 Å². The maximum Gasteiger partial charge on any atom is 0.304 e. The van der Waals surface area contributed by atoms with Crippen LogP contribution in [0.25, 0.3) is 0 Å². The summed E-state index contributed by atoms with van der Waals surface area (Å²) in [6, 6.07) is 3.29. The van der Waals surface area contributed by atoms with Crippen molar-refractivity contribution >= 4 is 27.0 Å². The number of rotatable bonds is 4. The Morgan fingerprint density at radius 1 is 1.42 bits per heavy atom. The topological polar surface area (TPSA) is 105 Å². The van der Waals surface area contributed by atoms with Crippen molar-refractivity contribution in [2.24, 2.45) is 0 Å². The van der Waals surface area contributed by atoms with Crippen LogP contribution < -0.4 is 15.3 Å². The predicted molar refractivity (Wildman–Crippen MR) is 69.8 cm³/mol. The highest BCUT2D eigenvalue weighted by Gasteiger charge is 2.19. The number of hydrogen-bond acceptors (Lipinski definition) is 5. The monoisotopic (exact) mass is 303 g/mol. The second kappa shape index (κ2) is 5.11. The molecule has 0 saturated carbocycles. The lowest BCUT2D eigenvalue weighted by atomic mass is 10.3. The third-order valence-corrected chi connectivity index (χ3v) is 4.40. The van der Waals surface area contributed by atoms with Crippen LogP contribution in [0.3, 0.4) is 0 Å². The second-order valence-electron chi connectivity index (χ2n) is 3.69. The minimum Gasteiger partial charge on any atom is -0.399 e. The fourth-order valence-corrected chi connectivity index (χ4v) is 3.08. The smallest absolute Gasteiger partial charge is 0.304 e. The van der Waals surface area contributed by atoms with Gasteiger partial charge in [0.05, 0.1) is 6.54 Å².